The van der Waals surface area contributed by atoms with E-state index in [0.717, 1.165) is 44.9 Å². The van der Waals surface area contributed by atoms with Crippen LogP contribution in [0, 0.1) is 17.8 Å². The summed E-state index contributed by atoms with van der Waals surface area (Å²) in [5, 5.41) is 33.2. The highest BCUT2D eigenvalue weighted by Crippen LogP contribution is 2.32. The molecule has 0 bridgehead atoms. The van der Waals surface area contributed by atoms with Crippen LogP contribution < -0.4 is 10.1 Å². The summed E-state index contributed by atoms with van der Waals surface area (Å²) in [7, 11) is 0. The average molecular weight is 744 g/mol. The molecule has 0 spiro atoms. The molecule has 1 amide bonds. The predicted molar refractivity (Wildman–Crippen MR) is 200 cm³/mol. The molecule has 12 nitrogen and oxygen atoms in total. The van der Waals surface area contributed by atoms with E-state index in [1.807, 2.05) is 0 Å². The molecule has 296 valence electrons. The number of carbonyl (C=O) groups is 4. The van der Waals surface area contributed by atoms with E-state index >= 15 is 0 Å². The summed E-state index contributed by atoms with van der Waals surface area (Å²) in [6, 6.07) is 5.50. The van der Waals surface area contributed by atoms with E-state index in [1.165, 1.54) is 25.3 Å². The van der Waals surface area contributed by atoms with Crippen molar-refractivity contribution in [1.82, 2.24) is 5.32 Å². The fraction of sp³-hybridized carbons (Fsp3) is 0.659. The van der Waals surface area contributed by atoms with E-state index < -0.39 is 59.2 Å². The second-order valence-corrected chi connectivity index (χ2v) is 14.6. The summed E-state index contributed by atoms with van der Waals surface area (Å²) in [4.78, 5) is 51.1. The minimum absolute atomic E-state index is 0.0349. The molecule has 12 heteroatoms. The molecule has 1 fully saturated rings. The average Bonchev–Trinajstić information content (AvgIpc) is 3.55. The Morgan fingerprint density at radius 3 is 2.09 bits per heavy atom. The number of unbranched alkanes of at least 4 members (excludes halogenated alkanes) is 8. The lowest BCUT2D eigenvalue weighted by Gasteiger charge is -2.30. The molecule has 0 unspecified atom stereocenters. The number of hydrogen-bond donors (Lipinski definition) is 4. The summed E-state index contributed by atoms with van der Waals surface area (Å²) < 4.78 is 23.1. The highest BCUT2D eigenvalue weighted by atomic mass is 16.7. The van der Waals surface area contributed by atoms with E-state index in [4.69, 9.17) is 18.9 Å². The number of hydrogen-bond acceptors (Lipinski definition) is 9. The number of amides is 1. The molecular weight excluding hydrogens is 682 g/mol. The molecule has 1 saturated heterocycles. The van der Waals surface area contributed by atoms with Gasteiger partial charge < -0.3 is 39.6 Å². The molecule has 1 heterocycles. The number of carbonyl (C=O) groups excluding carboxylic acids is 2. The highest BCUT2D eigenvalue weighted by Gasteiger charge is 2.49. The number of allylic oxidation sites excluding steroid dienone is 1. The van der Waals surface area contributed by atoms with Gasteiger partial charge in [-0.2, -0.15) is 0 Å². The third kappa shape index (κ3) is 16.7. The van der Waals surface area contributed by atoms with Gasteiger partial charge in [0.15, 0.2) is 11.4 Å². The van der Waals surface area contributed by atoms with Gasteiger partial charge in [-0.3, -0.25) is 9.59 Å². The van der Waals surface area contributed by atoms with Gasteiger partial charge in [0, 0.05) is 19.3 Å². The van der Waals surface area contributed by atoms with E-state index in [1.54, 1.807) is 58.0 Å². The topological polar surface area (TPSA) is 178 Å². The Balaban J connectivity index is 2.13. The van der Waals surface area contributed by atoms with E-state index in [9.17, 15) is 34.5 Å². The van der Waals surface area contributed by atoms with Crippen molar-refractivity contribution < 1.29 is 53.4 Å². The Hall–Kier alpha value is -3.92. The van der Waals surface area contributed by atoms with Gasteiger partial charge in [0.25, 0.3) is 0 Å². The number of benzene rings is 1. The summed E-state index contributed by atoms with van der Waals surface area (Å²) in [6.45, 7) is 10.3. The van der Waals surface area contributed by atoms with Gasteiger partial charge in [-0.15, -0.1) is 5.92 Å². The quantitative estimate of drug-likeness (QED) is 0.0379. The maximum atomic E-state index is 13.8. The third-order valence-corrected chi connectivity index (χ3v) is 8.93. The van der Waals surface area contributed by atoms with Crippen molar-refractivity contribution in [2.45, 2.75) is 148 Å². The standard InChI is InChI=1S/C41H61NO11/c1-6-8-10-14-17-24-40(51-27-28-52-40)25-18-15-12-11-13-16-19-33(41(49,38(47)48)30-35(43)44)36(45)42-34(37(46)53-39(3,4)5)29-31-20-22-32(23-21-31)50-26-9-7-2/h16,19-23,33-34,49H,6,8,10-15,17-18,24-30H2,1-5H3,(H,42,45)(H,43,44)(H,47,48)/b19-16+/t33-,34+,41+/m0/s1. The molecule has 1 aliphatic rings. The van der Waals surface area contributed by atoms with E-state index in [2.05, 4.69) is 24.1 Å². The molecule has 0 aliphatic carbocycles. The van der Waals surface area contributed by atoms with Crippen LogP contribution in [0.5, 0.6) is 5.75 Å². The van der Waals surface area contributed by atoms with Crippen molar-refractivity contribution >= 4 is 23.8 Å². The maximum Gasteiger partial charge on any atom is 0.337 e. The fourth-order valence-corrected chi connectivity index (χ4v) is 6.14. The lowest BCUT2D eigenvalue weighted by Crippen LogP contribution is -2.56. The van der Waals surface area contributed by atoms with Crippen molar-refractivity contribution in [2.75, 3.05) is 19.8 Å². The van der Waals surface area contributed by atoms with Crippen LogP contribution in [-0.2, 0) is 39.8 Å². The predicted octanol–water partition coefficient (Wildman–Crippen LogP) is 6.36. The lowest BCUT2D eigenvalue weighted by atomic mass is 9.82. The normalized spacial score (nSPS) is 16.2. The first kappa shape index (κ1) is 45.2. The van der Waals surface area contributed by atoms with Crippen LogP contribution in [0.1, 0.15) is 124 Å². The van der Waals surface area contributed by atoms with Gasteiger partial charge in [0.1, 0.15) is 24.0 Å². The van der Waals surface area contributed by atoms with Gasteiger partial charge in [-0.25, -0.2) is 9.59 Å². The van der Waals surface area contributed by atoms with Crippen LogP contribution in [-0.4, -0.2) is 82.0 Å². The van der Waals surface area contributed by atoms with Crippen molar-refractivity contribution in [3.8, 4) is 17.6 Å². The molecule has 2 rings (SSSR count). The number of carboxylic acids is 2. The summed E-state index contributed by atoms with van der Waals surface area (Å²) in [5.41, 5.74) is -3.27. The van der Waals surface area contributed by atoms with Crippen LogP contribution in [0.4, 0.5) is 0 Å². The van der Waals surface area contributed by atoms with E-state index in [-0.39, 0.29) is 13.0 Å². The first-order chi connectivity index (χ1) is 25.1. The zero-order valence-corrected chi connectivity index (χ0v) is 32.2. The number of esters is 1. The molecule has 4 N–H and O–H groups in total. The number of nitrogens with one attached hydrogen (secondary N) is 1. The minimum atomic E-state index is -2.99. The lowest BCUT2D eigenvalue weighted by molar-refractivity contribution is -0.172. The second-order valence-electron chi connectivity index (χ2n) is 14.6. The SMILES string of the molecule is CC#CCOc1ccc(C[C@@H](NC(=O)[C@H](/C=C/CCCCCCC2(CCCCCCC)OCCO2)[C@](O)(CC(=O)O)C(=O)O)C(=O)OC(C)(C)C)cc1. The van der Waals surface area contributed by atoms with Crippen LogP contribution in [0.3, 0.4) is 0 Å². The Labute approximate surface area is 315 Å². The van der Waals surface area contributed by atoms with Gasteiger partial charge in [-0.1, -0.05) is 75.7 Å². The number of rotatable bonds is 25. The molecule has 53 heavy (non-hydrogen) atoms. The molecule has 0 radical (unpaired) electrons. The van der Waals surface area contributed by atoms with E-state index in [0.29, 0.717) is 37.4 Å². The summed E-state index contributed by atoms with van der Waals surface area (Å²) in [6.07, 6.45) is 12.9. The molecular formula is C41H61NO11. The minimum Gasteiger partial charge on any atom is -0.481 e. The zero-order chi connectivity index (χ0) is 39.3. The van der Waals surface area contributed by atoms with Crippen molar-refractivity contribution in [1.29, 1.82) is 0 Å². The van der Waals surface area contributed by atoms with Gasteiger partial charge in [0.05, 0.1) is 25.6 Å². The zero-order valence-electron chi connectivity index (χ0n) is 32.2. The number of aliphatic carboxylic acids is 2. The van der Waals surface area contributed by atoms with Crippen LogP contribution in [0.2, 0.25) is 0 Å². The first-order valence-electron chi connectivity index (χ1n) is 18.9. The molecule has 0 saturated carbocycles. The van der Waals surface area contributed by atoms with Crippen molar-refractivity contribution in [3.63, 3.8) is 0 Å². The first-order valence-corrected chi connectivity index (χ1v) is 18.9. The van der Waals surface area contributed by atoms with Crippen LogP contribution in [0.25, 0.3) is 0 Å². The van der Waals surface area contributed by atoms with Crippen molar-refractivity contribution in [2.24, 2.45) is 5.92 Å². The number of carboxylic acid groups (broad SMARTS) is 2. The fourth-order valence-electron chi connectivity index (χ4n) is 6.14. The monoisotopic (exact) mass is 743 g/mol. The van der Waals surface area contributed by atoms with Crippen LogP contribution in [0.15, 0.2) is 36.4 Å². The Kier molecular flexibility index (Phi) is 19.6. The van der Waals surface area contributed by atoms with Gasteiger partial charge >= 0.3 is 17.9 Å². The second kappa shape index (κ2) is 23.0. The molecule has 1 aliphatic heterocycles. The van der Waals surface area contributed by atoms with Gasteiger partial charge in [-0.05, 0) is 71.1 Å². The Morgan fingerprint density at radius 2 is 1.55 bits per heavy atom. The Bertz CT molecular complexity index is 1380. The number of aliphatic hydroxyl groups is 1. The molecule has 1 aromatic rings. The smallest absolute Gasteiger partial charge is 0.337 e. The summed E-state index contributed by atoms with van der Waals surface area (Å²) >= 11 is 0. The molecule has 3 atom stereocenters. The van der Waals surface area contributed by atoms with Crippen LogP contribution >= 0.6 is 0 Å². The van der Waals surface area contributed by atoms with Crippen molar-refractivity contribution in [3.05, 3.63) is 42.0 Å². The number of ether oxygens (including phenoxy) is 4. The Morgan fingerprint density at radius 1 is 0.943 bits per heavy atom. The maximum absolute atomic E-state index is 13.8. The third-order valence-electron chi connectivity index (χ3n) is 8.93. The molecule has 1 aromatic carbocycles. The molecule has 0 aromatic heterocycles. The summed E-state index contributed by atoms with van der Waals surface area (Å²) in [5.74, 6) is -1.54. The van der Waals surface area contributed by atoms with Gasteiger partial charge in [0.2, 0.25) is 5.91 Å². The largest absolute Gasteiger partial charge is 0.481 e. The highest BCUT2D eigenvalue weighted by molar-refractivity contribution is 5.94.